The molecule has 8 nitrogen and oxygen atoms in total. The van der Waals surface area contributed by atoms with Crippen LogP contribution >= 0.6 is 15.9 Å². The van der Waals surface area contributed by atoms with Gasteiger partial charge in [0, 0.05) is 16.2 Å². The van der Waals surface area contributed by atoms with E-state index in [9.17, 15) is 14.4 Å². The Hall–Kier alpha value is -2.29. The number of hydrogen-bond donors (Lipinski definition) is 4. The Morgan fingerprint density at radius 2 is 1.90 bits per heavy atom. The van der Waals surface area contributed by atoms with Gasteiger partial charge < -0.3 is 25.8 Å². The summed E-state index contributed by atoms with van der Waals surface area (Å²) in [6, 6.07) is 4.39. The van der Waals surface area contributed by atoms with Crippen molar-refractivity contribution < 1.29 is 24.2 Å². The summed E-state index contributed by atoms with van der Waals surface area (Å²) >= 11 is 3.27. The molecule has 0 saturated heterocycles. The predicted molar refractivity (Wildman–Crippen MR) is 78.4 cm³/mol. The molecule has 0 saturated carbocycles. The zero-order chi connectivity index (χ0) is 15.8. The molecule has 0 bridgehead atoms. The molecule has 0 aliphatic rings. The van der Waals surface area contributed by atoms with E-state index in [0.29, 0.717) is 11.4 Å². The zero-order valence-corrected chi connectivity index (χ0v) is 12.7. The number of amides is 3. The van der Waals surface area contributed by atoms with Crippen molar-refractivity contribution in [1.82, 2.24) is 10.6 Å². The first-order chi connectivity index (χ1) is 9.90. The first kappa shape index (κ1) is 16.8. The van der Waals surface area contributed by atoms with Crippen LogP contribution in [0.4, 0.5) is 10.5 Å². The number of carboxylic acid groups (broad SMARTS) is 1. The number of benzene rings is 1. The number of urea groups is 1. The minimum Gasteiger partial charge on any atom is -0.497 e. The van der Waals surface area contributed by atoms with E-state index in [1.54, 1.807) is 18.2 Å². The highest BCUT2D eigenvalue weighted by atomic mass is 79.9. The van der Waals surface area contributed by atoms with Crippen molar-refractivity contribution >= 4 is 39.5 Å². The molecule has 9 heteroatoms. The summed E-state index contributed by atoms with van der Waals surface area (Å²) in [5.41, 5.74) is 0.477. The van der Waals surface area contributed by atoms with Crippen LogP contribution in [0.5, 0.6) is 5.75 Å². The Labute approximate surface area is 129 Å². The Bertz CT molecular complexity index is 550. The topological polar surface area (TPSA) is 117 Å². The molecule has 0 aliphatic carbocycles. The summed E-state index contributed by atoms with van der Waals surface area (Å²) in [5, 5.41) is 15.3. The number of anilines is 1. The maximum Gasteiger partial charge on any atom is 0.322 e. The molecule has 1 rings (SSSR count). The molecule has 0 heterocycles. The van der Waals surface area contributed by atoms with Crippen LogP contribution in [0.15, 0.2) is 22.7 Å². The van der Waals surface area contributed by atoms with Gasteiger partial charge >= 0.3 is 12.0 Å². The molecule has 0 atom stereocenters. The third-order valence-electron chi connectivity index (χ3n) is 2.21. The number of halogens is 1. The lowest BCUT2D eigenvalue weighted by Crippen LogP contribution is -2.40. The second-order valence-corrected chi connectivity index (χ2v) is 4.77. The van der Waals surface area contributed by atoms with Crippen molar-refractivity contribution in [2.24, 2.45) is 0 Å². The summed E-state index contributed by atoms with van der Waals surface area (Å²) in [4.78, 5) is 33.1. The van der Waals surface area contributed by atoms with Crippen LogP contribution in [0.1, 0.15) is 0 Å². The van der Waals surface area contributed by atoms with Gasteiger partial charge in [0.05, 0.1) is 13.7 Å². The smallest absolute Gasteiger partial charge is 0.322 e. The number of carboxylic acids is 1. The number of ether oxygens (including phenoxy) is 1. The van der Waals surface area contributed by atoms with Crippen molar-refractivity contribution in [3.63, 3.8) is 0 Å². The Morgan fingerprint density at radius 1 is 1.19 bits per heavy atom. The predicted octanol–water partition coefficient (Wildman–Crippen LogP) is 0.780. The van der Waals surface area contributed by atoms with Crippen LogP contribution in [0, 0.1) is 0 Å². The van der Waals surface area contributed by atoms with Gasteiger partial charge in [0.2, 0.25) is 5.91 Å². The lowest BCUT2D eigenvalue weighted by molar-refractivity contribution is -0.137. The van der Waals surface area contributed by atoms with Gasteiger partial charge in [-0.05, 0) is 12.1 Å². The van der Waals surface area contributed by atoms with E-state index in [4.69, 9.17) is 9.84 Å². The maximum absolute atomic E-state index is 11.6. The highest BCUT2D eigenvalue weighted by Crippen LogP contribution is 2.24. The number of hydrogen-bond acceptors (Lipinski definition) is 4. The SMILES string of the molecule is COc1cc(Br)cc(NC(=O)NCC(=O)NCC(=O)O)c1. The number of carbonyl (C=O) groups excluding carboxylic acids is 2. The Kier molecular flexibility index (Phi) is 6.47. The van der Waals surface area contributed by atoms with E-state index in [0.717, 1.165) is 4.47 Å². The zero-order valence-electron chi connectivity index (χ0n) is 11.1. The third kappa shape index (κ3) is 6.61. The highest BCUT2D eigenvalue weighted by molar-refractivity contribution is 9.10. The highest BCUT2D eigenvalue weighted by Gasteiger charge is 2.08. The molecule has 0 aromatic heterocycles. The maximum atomic E-state index is 11.6. The van der Waals surface area contributed by atoms with Gasteiger partial charge in [-0.25, -0.2) is 4.79 Å². The van der Waals surface area contributed by atoms with Crippen molar-refractivity contribution in [3.8, 4) is 5.75 Å². The number of nitrogens with one attached hydrogen (secondary N) is 3. The number of aliphatic carboxylic acids is 1. The third-order valence-corrected chi connectivity index (χ3v) is 2.67. The van der Waals surface area contributed by atoms with Crippen LogP contribution in [-0.4, -0.2) is 43.2 Å². The fourth-order valence-electron chi connectivity index (χ4n) is 1.33. The van der Waals surface area contributed by atoms with E-state index < -0.39 is 24.5 Å². The van der Waals surface area contributed by atoms with Crippen LogP contribution in [0.25, 0.3) is 0 Å². The molecule has 0 spiro atoms. The fourth-order valence-corrected chi connectivity index (χ4v) is 1.80. The first-order valence-corrected chi connectivity index (χ1v) is 6.58. The monoisotopic (exact) mass is 359 g/mol. The molecule has 1 aromatic carbocycles. The molecule has 21 heavy (non-hydrogen) atoms. The van der Waals surface area contributed by atoms with Gasteiger partial charge in [-0.15, -0.1) is 0 Å². The average molecular weight is 360 g/mol. The van der Waals surface area contributed by atoms with E-state index in [1.165, 1.54) is 7.11 Å². The molecule has 0 aliphatic heterocycles. The minimum atomic E-state index is -1.16. The van der Waals surface area contributed by atoms with Crippen LogP contribution < -0.4 is 20.7 Å². The van der Waals surface area contributed by atoms with Crippen LogP contribution in [0.2, 0.25) is 0 Å². The molecule has 114 valence electrons. The molecule has 4 N–H and O–H groups in total. The lowest BCUT2D eigenvalue weighted by Gasteiger charge is -2.09. The van der Waals surface area contributed by atoms with Crippen molar-refractivity contribution in [1.29, 1.82) is 0 Å². The number of methoxy groups -OCH3 is 1. The van der Waals surface area contributed by atoms with E-state index >= 15 is 0 Å². The Balaban J connectivity index is 2.45. The van der Waals surface area contributed by atoms with E-state index in [1.807, 2.05) is 0 Å². The van der Waals surface area contributed by atoms with Crippen molar-refractivity contribution in [2.75, 3.05) is 25.5 Å². The minimum absolute atomic E-state index is 0.329. The van der Waals surface area contributed by atoms with E-state index in [-0.39, 0.29) is 6.54 Å². The van der Waals surface area contributed by atoms with Gasteiger partial charge in [-0.1, -0.05) is 15.9 Å². The largest absolute Gasteiger partial charge is 0.497 e. The number of rotatable bonds is 6. The van der Waals surface area contributed by atoms with E-state index in [2.05, 4.69) is 31.9 Å². The molecule has 0 unspecified atom stereocenters. The van der Waals surface area contributed by atoms with Gasteiger partial charge in [-0.2, -0.15) is 0 Å². The lowest BCUT2D eigenvalue weighted by atomic mass is 10.3. The molecular weight excluding hydrogens is 346 g/mol. The molecule has 0 radical (unpaired) electrons. The molecule has 3 amide bonds. The second kappa shape index (κ2) is 8.10. The Morgan fingerprint density at radius 3 is 2.52 bits per heavy atom. The van der Waals surface area contributed by atoms with Gasteiger partial charge in [0.25, 0.3) is 0 Å². The van der Waals surface area contributed by atoms with Crippen molar-refractivity contribution in [3.05, 3.63) is 22.7 Å². The second-order valence-electron chi connectivity index (χ2n) is 3.86. The molecule has 1 aromatic rings. The standard InChI is InChI=1S/C12H14BrN3O5/c1-21-9-3-7(13)2-8(4-9)16-12(20)15-5-10(17)14-6-11(18)19/h2-4H,5-6H2,1H3,(H,14,17)(H,18,19)(H2,15,16,20). The van der Waals surface area contributed by atoms with Crippen molar-refractivity contribution in [2.45, 2.75) is 0 Å². The molecule has 0 fully saturated rings. The van der Waals surface area contributed by atoms with Gasteiger partial charge in [0.15, 0.2) is 0 Å². The summed E-state index contributed by atoms with van der Waals surface area (Å²) < 4.78 is 5.77. The summed E-state index contributed by atoms with van der Waals surface area (Å²) in [7, 11) is 1.50. The quantitative estimate of drug-likeness (QED) is 0.598. The summed E-state index contributed by atoms with van der Waals surface area (Å²) in [6.45, 7) is -0.824. The van der Waals surface area contributed by atoms with Gasteiger partial charge in [0.1, 0.15) is 12.3 Å². The van der Waals surface area contributed by atoms with Crippen LogP contribution in [0.3, 0.4) is 0 Å². The summed E-state index contributed by atoms with van der Waals surface area (Å²) in [6.07, 6.45) is 0. The number of carbonyl (C=O) groups is 3. The average Bonchev–Trinajstić information content (AvgIpc) is 2.42. The summed E-state index contributed by atoms with van der Waals surface area (Å²) in [5.74, 6) is -1.20. The van der Waals surface area contributed by atoms with Gasteiger partial charge in [-0.3, -0.25) is 9.59 Å². The normalized spacial score (nSPS) is 9.62. The van der Waals surface area contributed by atoms with Crippen LogP contribution in [-0.2, 0) is 9.59 Å². The first-order valence-electron chi connectivity index (χ1n) is 5.78. The molecular formula is C12H14BrN3O5. The fraction of sp³-hybridized carbons (Fsp3) is 0.250.